The Balaban J connectivity index is 1.16. The first-order chi connectivity index (χ1) is 26.0. The fourth-order valence-electron chi connectivity index (χ4n) is 13.5. The highest BCUT2D eigenvalue weighted by atomic mass is 16.7. The summed E-state index contributed by atoms with van der Waals surface area (Å²) < 4.78 is 23.5. The van der Waals surface area contributed by atoms with Crippen LogP contribution in [0.3, 0.4) is 0 Å². The smallest absolute Gasteiger partial charge is 0.335 e. The summed E-state index contributed by atoms with van der Waals surface area (Å²) in [4.78, 5) is 26.4. The van der Waals surface area contributed by atoms with Gasteiger partial charge in [0.2, 0.25) is 6.29 Å². The first-order valence-electron chi connectivity index (χ1n) is 20.8. The summed E-state index contributed by atoms with van der Waals surface area (Å²) in [5.74, 6) is -1.52. The van der Waals surface area contributed by atoms with Gasteiger partial charge in [-0.15, -0.1) is 0 Å². The largest absolute Gasteiger partial charge is 0.479 e. The Bertz CT molecular complexity index is 1560. The number of hydrogen-bond donors (Lipinski definition) is 8. The molecule has 2 heterocycles. The van der Waals surface area contributed by atoms with Gasteiger partial charge in [0.05, 0.1) is 18.1 Å². The van der Waals surface area contributed by atoms with Crippen molar-refractivity contribution >= 4 is 11.9 Å². The zero-order valence-corrected chi connectivity index (χ0v) is 34.0. The third-order valence-corrected chi connectivity index (χ3v) is 17.2. The average Bonchev–Trinajstić information content (AvgIpc) is 3.12. The van der Waals surface area contributed by atoms with Crippen LogP contribution in [-0.4, -0.2) is 127 Å². The minimum atomic E-state index is -1.79. The monoisotopic (exact) mass is 794 g/mol. The molecule has 0 spiro atoms. The minimum Gasteiger partial charge on any atom is -0.479 e. The van der Waals surface area contributed by atoms with Gasteiger partial charge >= 0.3 is 11.9 Å². The van der Waals surface area contributed by atoms with Crippen LogP contribution in [0, 0.1) is 50.2 Å². The SMILES string of the molecule is CC1(C)CC[C@]2(C(=O)O[C@@H]3O[C@H](CO)[C@@H](O)[C@H](O)[C@H]3O)CC[C@]3(C)C(=CC[C@H]4[C@@]5(C)CC[C@H](O[C@@H]6O[C@H](C(=O)O)[C@H](O)[C@H](O)[C@H]6O)C(C)(C)[C@@H]5CC[C@]43C)[C@@H]2C1. The summed E-state index contributed by atoms with van der Waals surface area (Å²) in [6, 6.07) is 0. The van der Waals surface area contributed by atoms with Crippen molar-refractivity contribution in [2.24, 2.45) is 50.2 Å². The predicted molar refractivity (Wildman–Crippen MR) is 198 cm³/mol. The topological polar surface area (TPSA) is 233 Å². The number of carboxylic acid groups (broad SMARTS) is 1. The van der Waals surface area contributed by atoms with Crippen molar-refractivity contribution in [3.8, 4) is 0 Å². The molecule has 0 unspecified atom stereocenters. The molecule has 0 aromatic heterocycles. The molecule has 0 radical (unpaired) electrons. The summed E-state index contributed by atoms with van der Waals surface area (Å²) in [6.45, 7) is 15.5. The minimum absolute atomic E-state index is 0.0330. The third kappa shape index (κ3) is 6.17. The number of carboxylic acids is 1. The highest BCUT2D eigenvalue weighted by Crippen LogP contribution is 2.76. The lowest BCUT2D eigenvalue weighted by molar-refractivity contribution is -0.324. The first-order valence-corrected chi connectivity index (χ1v) is 20.8. The summed E-state index contributed by atoms with van der Waals surface area (Å²) >= 11 is 0. The molecule has 0 aromatic rings. The molecule has 56 heavy (non-hydrogen) atoms. The fraction of sp³-hybridized carbons (Fsp3) is 0.905. The number of hydrogen-bond acceptors (Lipinski definition) is 13. The van der Waals surface area contributed by atoms with Crippen LogP contribution in [0.5, 0.6) is 0 Å². The molecule has 318 valence electrons. The summed E-state index contributed by atoms with van der Waals surface area (Å²) in [5, 5.41) is 82.4. The molecule has 5 aliphatic carbocycles. The molecule has 2 aliphatic heterocycles. The zero-order valence-electron chi connectivity index (χ0n) is 34.0. The number of aliphatic carboxylic acids is 1. The van der Waals surface area contributed by atoms with E-state index in [9.17, 15) is 50.4 Å². The van der Waals surface area contributed by atoms with Gasteiger partial charge in [0, 0.05) is 0 Å². The van der Waals surface area contributed by atoms with E-state index < -0.39 is 96.9 Å². The number of allylic oxidation sites excluding steroid dienone is 2. The lowest BCUT2D eigenvalue weighted by Crippen LogP contribution is -2.66. The second-order valence-corrected chi connectivity index (χ2v) is 20.7. The van der Waals surface area contributed by atoms with Crippen molar-refractivity contribution in [1.29, 1.82) is 0 Å². The highest BCUT2D eigenvalue weighted by Gasteiger charge is 2.70. The van der Waals surface area contributed by atoms with Crippen molar-refractivity contribution in [3.63, 3.8) is 0 Å². The van der Waals surface area contributed by atoms with Crippen molar-refractivity contribution < 1.29 is 69.4 Å². The maximum Gasteiger partial charge on any atom is 0.335 e. The van der Waals surface area contributed by atoms with E-state index in [-0.39, 0.29) is 33.5 Å². The van der Waals surface area contributed by atoms with E-state index in [2.05, 4.69) is 54.5 Å². The average molecular weight is 795 g/mol. The van der Waals surface area contributed by atoms with E-state index in [1.54, 1.807) is 0 Å². The zero-order chi connectivity index (χ0) is 41.1. The maximum atomic E-state index is 14.6. The molecule has 4 saturated carbocycles. The van der Waals surface area contributed by atoms with E-state index >= 15 is 0 Å². The molecular weight excluding hydrogens is 728 g/mol. The summed E-state index contributed by atoms with van der Waals surface area (Å²) in [5.41, 5.74) is -0.448. The second kappa shape index (κ2) is 14.2. The standard InChI is InChI=1S/C42H66O14/c1-37(2)14-16-42(36(52)56-34-30(48)27(45)26(44)22(19-43)53-34)17-15-40(6)20(21(42)18-37)8-9-24-39(5)12-11-25(38(3,4)23(39)10-13-41(24,40)7)54-35-31(49)28(46)29(47)32(55-35)33(50)51/h8,21-32,34-35,43-49H,9-19H2,1-7H3,(H,50,51)/t21-,22+,23-,24-,25-,26+,27-,28-,29+,30+,31+,32-,34-,35+,39-,40+,41+,42-/m0/s1. The Hall–Kier alpha value is -1.72. The molecule has 14 nitrogen and oxygen atoms in total. The number of carbonyl (C=O) groups excluding carboxylic acids is 1. The van der Waals surface area contributed by atoms with E-state index in [1.807, 2.05) is 0 Å². The Morgan fingerprint density at radius 2 is 1.39 bits per heavy atom. The fourth-order valence-corrected chi connectivity index (χ4v) is 13.5. The lowest BCUT2D eigenvalue weighted by atomic mass is 9.33. The molecule has 0 aromatic carbocycles. The van der Waals surface area contributed by atoms with Gasteiger partial charge in [-0.2, -0.15) is 0 Å². The van der Waals surface area contributed by atoms with Crippen molar-refractivity contribution in [2.45, 2.75) is 180 Å². The van der Waals surface area contributed by atoms with Crippen molar-refractivity contribution in [1.82, 2.24) is 0 Å². The number of fused-ring (bicyclic) bond motifs is 7. The third-order valence-electron chi connectivity index (χ3n) is 17.2. The Labute approximate surface area is 329 Å². The van der Waals surface area contributed by atoms with Crippen LogP contribution in [0.4, 0.5) is 0 Å². The molecule has 6 fully saturated rings. The number of carbonyl (C=O) groups is 2. The van der Waals surface area contributed by atoms with Gasteiger partial charge in [-0.3, -0.25) is 4.79 Å². The van der Waals surface area contributed by atoms with Gasteiger partial charge in [-0.25, -0.2) is 4.79 Å². The van der Waals surface area contributed by atoms with Crippen LogP contribution < -0.4 is 0 Å². The van der Waals surface area contributed by atoms with Gasteiger partial charge in [0.15, 0.2) is 12.4 Å². The van der Waals surface area contributed by atoms with Crippen molar-refractivity contribution in [2.75, 3.05) is 6.61 Å². The quantitative estimate of drug-likeness (QED) is 0.110. The van der Waals surface area contributed by atoms with Crippen LogP contribution in [-0.2, 0) is 28.5 Å². The van der Waals surface area contributed by atoms with Gasteiger partial charge in [0.25, 0.3) is 0 Å². The predicted octanol–water partition coefficient (Wildman–Crippen LogP) is 2.41. The van der Waals surface area contributed by atoms with Crippen LogP contribution in [0.1, 0.15) is 113 Å². The summed E-state index contributed by atoms with van der Waals surface area (Å²) in [6.07, 6.45) is -6.14. The normalized spacial score (nSPS) is 52.3. The number of rotatable bonds is 6. The summed E-state index contributed by atoms with van der Waals surface area (Å²) in [7, 11) is 0. The molecule has 2 saturated heterocycles. The van der Waals surface area contributed by atoms with E-state index in [0.29, 0.717) is 25.2 Å². The molecule has 7 rings (SSSR count). The second-order valence-electron chi connectivity index (χ2n) is 20.7. The molecular formula is C42H66O14. The molecule has 0 amide bonds. The van der Waals surface area contributed by atoms with Gasteiger partial charge in [-0.1, -0.05) is 60.1 Å². The lowest BCUT2D eigenvalue weighted by Gasteiger charge is -2.71. The number of aliphatic hydroxyl groups excluding tert-OH is 7. The van der Waals surface area contributed by atoms with Gasteiger partial charge < -0.3 is 59.8 Å². The molecule has 7 aliphatic rings. The van der Waals surface area contributed by atoms with E-state index in [1.165, 1.54) is 5.57 Å². The van der Waals surface area contributed by atoms with Gasteiger partial charge in [0.1, 0.15) is 42.7 Å². The number of esters is 1. The molecule has 14 heteroatoms. The Morgan fingerprint density at radius 1 is 0.750 bits per heavy atom. The highest BCUT2D eigenvalue weighted by molar-refractivity contribution is 5.79. The van der Waals surface area contributed by atoms with Crippen LogP contribution >= 0.6 is 0 Å². The van der Waals surface area contributed by atoms with Crippen LogP contribution in [0.15, 0.2) is 11.6 Å². The number of aliphatic hydroxyl groups is 7. The molecule has 0 bridgehead atoms. The number of ether oxygens (including phenoxy) is 4. The molecule has 8 N–H and O–H groups in total. The maximum absolute atomic E-state index is 14.6. The van der Waals surface area contributed by atoms with Gasteiger partial charge in [-0.05, 0) is 109 Å². The van der Waals surface area contributed by atoms with Crippen LogP contribution in [0.2, 0.25) is 0 Å². The molecule has 18 atom stereocenters. The first kappa shape index (κ1) is 42.4. The van der Waals surface area contributed by atoms with Crippen LogP contribution in [0.25, 0.3) is 0 Å². The van der Waals surface area contributed by atoms with E-state index in [0.717, 1.165) is 44.9 Å². The van der Waals surface area contributed by atoms with Crippen molar-refractivity contribution in [3.05, 3.63) is 11.6 Å². The van der Waals surface area contributed by atoms with E-state index in [4.69, 9.17) is 18.9 Å². The Kier molecular flexibility index (Phi) is 10.8. The Morgan fingerprint density at radius 3 is 2.05 bits per heavy atom.